The lowest BCUT2D eigenvalue weighted by molar-refractivity contribution is -0.156. The summed E-state index contributed by atoms with van der Waals surface area (Å²) in [6.07, 6.45) is 2.10. The molecule has 24 heavy (non-hydrogen) atoms. The summed E-state index contributed by atoms with van der Waals surface area (Å²) in [5.74, 6) is -0.184. The molecule has 3 amide bonds. The average molecular weight is 348 g/mol. The van der Waals surface area contributed by atoms with Crippen molar-refractivity contribution in [1.82, 2.24) is 15.1 Å². The third kappa shape index (κ3) is 2.45. The van der Waals surface area contributed by atoms with Crippen LogP contribution in [-0.4, -0.2) is 58.7 Å². The Morgan fingerprint density at radius 1 is 1.17 bits per heavy atom. The molecule has 126 valence electrons. The maximum absolute atomic E-state index is 12.6. The van der Waals surface area contributed by atoms with Crippen LogP contribution < -0.4 is 5.32 Å². The van der Waals surface area contributed by atoms with Crippen molar-refractivity contribution in [2.45, 2.75) is 37.4 Å². The summed E-state index contributed by atoms with van der Waals surface area (Å²) in [4.78, 5) is 40.9. The van der Waals surface area contributed by atoms with Gasteiger partial charge in [0, 0.05) is 29.7 Å². The molecule has 3 saturated heterocycles. The van der Waals surface area contributed by atoms with Gasteiger partial charge in [-0.1, -0.05) is 17.7 Å². The van der Waals surface area contributed by atoms with E-state index in [2.05, 4.69) is 5.32 Å². The van der Waals surface area contributed by atoms with Crippen LogP contribution in [0.15, 0.2) is 24.3 Å². The number of piperazine rings is 1. The van der Waals surface area contributed by atoms with Crippen LogP contribution >= 0.6 is 11.6 Å². The summed E-state index contributed by atoms with van der Waals surface area (Å²) < 4.78 is 0. The van der Waals surface area contributed by atoms with Crippen LogP contribution in [0.4, 0.5) is 0 Å². The van der Waals surface area contributed by atoms with Gasteiger partial charge in [0.15, 0.2) is 0 Å². The Morgan fingerprint density at radius 3 is 2.75 bits per heavy atom. The molecule has 0 unspecified atom stereocenters. The van der Waals surface area contributed by atoms with Gasteiger partial charge in [0.1, 0.15) is 12.1 Å². The molecule has 3 heterocycles. The largest absolute Gasteiger partial charge is 0.347 e. The van der Waals surface area contributed by atoms with Gasteiger partial charge in [0.2, 0.25) is 11.8 Å². The zero-order valence-electron chi connectivity index (χ0n) is 13.1. The van der Waals surface area contributed by atoms with Gasteiger partial charge < -0.3 is 15.1 Å². The fourth-order valence-corrected chi connectivity index (χ4v) is 4.18. The smallest absolute Gasteiger partial charge is 0.251 e. The zero-order chi connectivity index (χ0) is 16.8. The summed E-state index contributed by atoms with van der Waals surface area (Å²) in [7, 11) is 0. The molecule has 3 atom stereocenters. The number of carbonyl (C=O) groups excluding carboxylic acids is 3. The van der Waals surface area contributed by atoms with Crippen molar-refractivity contribution >= 4 is 29.3 Å². The summed E-state index contributed by atoms with van der Waals surface area (Å²) in [5.41, 5.74) is 0.477. The van der Waals surface area contributed by atoms with Crippen molar-refractivity contribution in [3.63, 3.8) is 0 Å². The quantitative estimate of drug-likeness (QED) is 0.869. The van der Waals surface area contributed by atoms with Crippen molar-refractivity contribution in [2.75, 3.05) is 13.1 Å². The van der Waals surface area contributed by atoms with Crippen molar-refractivity contribution in [3.05, 3.63) is 34.9 Å². The van der Waals surface area contributed by atoms with Gasteiger partial charge in [-0.15, -0.1) is 0 Å². The number of rotatable bonds is 2. The van der Waals surface area contributed by atoms with Crippen LogP contribution in [0.2, 0.25) is 5.02 Å². The number of carbonyl (C=O) groups is 3. The molecule has 1 N–H and O–H groups in total. The highest BCUT2D eigenvalue weighted by molar-refractivity contribution is 6.30. The first kappa shape index (κ1) is 15.4. The van der Waals surface area contributed by atoms with E-state index in [0.29, 0.717) is 30.1 Å². The van der Waals surface area contributed by atoms with E-state index in [1.165, 1.54) is 0 Å². The van der Waals surface area contributed by atoms with Gasteiger partial charge in [-0.25, -0.2) is 0 Å². The predicted octanol–water partition coefficient (Wildman–Crippen LogP) is 1.04. The number of benzene rings is 1. The Bertz CT molecular complexity index is 693. The molecule has 3 aliphatic rings. The second-order valence-corrected chi connectivity index (χ2v) is 7.05. The number of halogens is 1. The van der Waals surface area contributed by atoms with Crippen LogP contribution in [0.5, 0.6) is 0 Å². The predicted molar refractivity (Wildman–Crippen MR) is 87.6 cm³/mol. The molecule has 1 aromatic carbocycles. The molecule has 0 saturated carbocycles. The van der Waals surface area contributed by atoms with Gasteiger partial charge in [0.05, 0.1) is 0 Å². The van der Waals surface area contributed by atoms with E-state index in [-0.39, 0.29) is 29.8 Å². The van der Waals surface area contributed by atoms with E-state index in [4.69, 9.17) is 11.6 Å². The first-order valence-electron chi connectivity index (χ1n) is 8.22. The minimum Gasteiger partial charge on any atom is -0.347 e. The van der Waals surface area contributed by atoms with Crippen molar-refractivity contribution < 1.29 is 14.4 Å². The monoisotopic (exact) mass is 347 g/mol. The third-order valence-electron chi connectivity index (χ3n) is 5.11. The van der Waals surface area contributed by atoms with E-state index in [1.807, 2.05) is 0 Å². The maximum atomic E-state index is 12.6. The minimum absolute atomic E-state index is 0.0246. The van der Waals surface area contributed by atoms with Crippen LogP contribution in [0.25, 0.3) is 0 Å². The molecule has 0 spiro atoms. The standard InChI is InChI=1S/C17H18ClN3O3/c18-11-4-1-3-10(7-11)15(22)19-12-8-14-17(24)20-6-2-5-13(20)16(23)21(14)9-12/h1,3-4,7,12-14H,2,5-6,8-9H2,(H,19,22)/t12-,13-,14-/m0/s1. The number of hydrogen-bond acceptors (Lipinski definition) is 3. The first-order valence-corrected chi connectivity index (χ1v) is 8.60. The SMILES string of the molecule is O=C(N[C@H]1C[C@H]2C(=O)N3CCC[C@H]3C(=O)N2C1)c1cccc(Cl)c1. The van der Waals surface area contributed by atoms with Gasteiger partial charge >= 0.3 is 0 Å². The molecule has 3 aliphatic heterocycles. The van der Waals surface area contributed by atoms with Gasteiger partial charge in [0.25, 0.3) is 5.91 Å². The molecule has 0 radical (unpaired) electrons. The molecule has 6 nitrogen and oxygen atoms in total. The van der Waals surface area contributed by atoms with E-state index in [0.717, 1.165) is 12.8 Å². The van der Waals surface area contributed by atoms with Gasteiger partial charge in [-0.3, -0.25) is 14.4 Å². The van der Waals surface area contributed by atoms with Crippen molar-refractivity contribution in [2.24, 2.45) is 0 Å². The number of nitrogens with one attached hydrogen (secondary N) is 1. The lowest BCUT2D eigenvalue weighted by Crippen LogP contribution is -2.60. The molecule has 3 fully saturated rings. The first-order chi connectivity index (χ1) is 11.5. The lowest BCUT2D eigenvalue weighted by Gasteiger charge is -2.38. The topological polar surface area (TPSA) is 69.7 Å². The fourth-order valence-electron chi connectivity index (χ4n) is 3.99. The Balaban J connectivity index is 1.47. The summed E-state index contributed by atoms with van der Waals surface area (Å²) in [6, 6.07) is 5.78. The molecule has 0 aliphatic carbocycles. The lowest BCUT2D eigenvalue weighted by atomic mass is 10.1. The van der Waals surface area contributed by atoms with Gasteiger partial charge in [-0.2, -0.15) is 0 Å². The van der Waals surface area contributed by atoms with Crippen LogP contribution in [0.3, 0.4) is 0 Å². The molecule has 7 heteroatoms. The molecular formula is C17H18ClN3O3. The van der Waals surface area contributed by atoms with Crippen molar-refractivity contribution in [1.29, 1.82) is 0 Å². The maximum Gasteiger partial charge on any atom is 0.251 e. The molecule has 1 aromatic rings. The van der Waals surface area contributed by atoms with Crippen LogP contribution in [0, 0.1) is 0 Å². The van der Waals surface area contributed by atoms with E-state index >= 15 is 0 Å². The van der Waals surface area contributed by atoms with Crippen molar-refractivity contribution in [3.8, 4) is 0 Å². The van der Waals surface area contributed by atoms with Crippen LogP contribution in [0.1, 0.15) is 29.6 Å². The molecular weight excluding hydrogens is 330 g/mol. The number of fused-ring (bicyclic) bond motifs is 2. The second kappa shape index (κ2) is 5.77. The highest BCUT2D eigenvalue weighted by atomic mass is 35.5. The zero-order valence-corrected chi connectivity index (χ0v) is 13.8. The average Bonchev–Trinajstić information content (AvgIpc) is 3.20. The molecule has 4 rings (SSSR count). The summed E-state index contributed by atoms with van der Waals surface area (Å²) in [5, 5.41) is 3.42. The number of nitrogens with zero attached hydrogens (tertiary/aromatic N) is 2. The third-order valence-corrected chi connectivity index (χ3v) is 5.35. The van der Waals surface area contributed by atoms with Crippen LogP contribution in [-0.2, 0) is 9.59 Å². The highest BCUT2D eigenvalue weighted by Crippen LogP contribution is 2.32. The highest BCUT2D eigenvalue weighted by Gasteiger charge is 2.51. The van der Waals surface area contributed by atoms with E-state index in [1.54, 1.807) is 34.1 Å². The summed E-state index contributed by atoms with van der Waals surface area (Å²) in [6.45, 7) is 1.06. The minimum atomic E-state index is -0.434. The Morgan fingerprint density at radius 2 is 1.96 bits per heavy atom. The second-order valence-electron chi connectivity index (χ2n) is 6.61. The van der Waals surface area contributed by atoms with Gasteiger partial charge in [-0.05, 0) is 37.5 Å². The van der Waals surface area contributed by atoms with E-state index < -0.39 is 6.04 Å². The Labute approximate surface area is 144 Å². The van der Waals surface area contributed by atoms with E-state index in [9.17, 15) is 14.4 Å². The summed E-state index contributed by atoms with van der Waals surface area (Å²) >= 11 is 5.91. The molecule has 0 aromatic heterocycles. The number of hydrogen-bond donors (Lipinski definition) is 1. The Hall–Kier alpha value is -2.08. The fraction of sp³-hybridized carbons (Fsp3) is 0.471. The Kier molecular flexibility index (Phi) is 3.72. The normalized spacial score (nSPS) is 28.8. The number of amides is 3. The molecule has 0 bridgehead atoms.